The number of hydrogen-bond acceptors (Lipinski definition) is 2. The molecule has 0 amide bonds. The number of allylic oxidation sites excluding steroid dienone is 1. The molecule has 0 aromatic heterocycles. The van der Waals surface area contributed by atoms with Crippen molar-refractivity contribution in [2.45, 2.75) is 25.7 Å². The quantitative estimate of drug-likeness (QED) is 0.0966. The van der Waals surface area contributed by atoms with Crippen molar-refractivity contribution in [1.82, 2.24) is 0 Å². The lowest BCUT2D eigenvalue weighted by Gasteiger charge is -2.14. The second kappa shape index (κ2) is 13.7. The summed E-state index contributed by atoms with van der Waals surface area (Å²) < 4.78 is 66.7. The molecule has 0 unspecified atom stereocenters. The minimum absolute atomic E-state index is 0.271. The fourth-order valence-corrected chi connectivity index (χ4v) is 4.35. The highest BCUT2D eigenvalue weighted by Crippen LogP contribution is 2.28. The molecular weight excluding hydrogens is 504 g/mol. The highest BCUT2D eigenvalue weighted by molar-refractivity contribution is 5.65. The molecule has 0 aliphatic carbocycles. The van der Waals surface area contributed by atoms with Crippen LogP contribution in [0.5, 0.6) is 11.5 Å². The van der Waals surface area contributed by atoms with Crippen molar-refractivity contribution in [1.29, 1.82) is 0 Å². The normalized spacial score (nSPS) is 11.0. The van der Waals surface area contributed by atoms with Gasteiger partial charge in [0, 0.05) is 23.3 Å². The van der Waals surface area contributed by atoms with Crippen LogP contribution in [0.4, 0.5) is 17.6 Å². The summed E-state index contributed by atoms with van der Waals surface area (Å²) in [6.45, 7) is 4.80. The van der Waals surface area contributed by atoms with Crippen molar-refractivity contribution in [3.63, 3.8) is 0 Å². The van der Waals surface area contributed by atoms with Gasteiger partial charge >= 0.3 is 0 Å². The van der Waals surface area contributed by atoms with Gasteiger partial charge in [0.05, 0.1) is 13.2 Å². The molecule has 0 N–H and O–H groups in total. The minimum atomic E-state index is -0.423. The Balaban J connectivity index is 1.16. The van der Waals surface area contributed by atoms with Crippen LogP contribution in [0.25, 0.3) is 22.3 Å². The van der Waals surface area contributed by atoms with E-state index >= 15 is 0 Å². The Morgan fingerprint density at radius 2 is 1.00 bits per heavy atom. The van der Waals surface area contributed by atoms with E-state index in [9.17, 15) is 17.6 Å². The Bertz CT molecular complexity index is 1260. The van der Waals surface area contributed by atoms with Crippen LogP contribution in [0.2, 0.25) is 0 Å². The maximum atomic E-state index is 14.5. The lowest BCUT2D eigenvalue weighted by Crippen LogP contribution is -2.05. The maximum Gasteiger partial charge on any atom is 0.134 e. The molecule has 4 rings (SSSR count). The molecule has 0 bridgehead atoms. The monoisotopic (exact) mass is 534 g/mol. The van der Waals surface area contributed by atoms with Crippen LogP contribution < -0.4 is 9.47 Å². The summed E-state index contributed by atoms with van der Waals surface area (Å²) in [5, 5.41) is 0. The van der Waals surface area contributed by atoms with Crippen LogP contribution in [0, 0.1) is 29.2 Å². The van der Waals surface area contributed by atoms with Gasteiger partial charge in [0.1, 0.15) is 34.8 Å². The molecule has 39 heavy (non-hydrogen) atoms. The first-order valence-electron chi connectivity index (χ1n) is 12.9. The number of benzene rings is 4. The Morgan fingerprint density at radius 3 is 1.36 bits per heavy atom. The standard InChI is InChI=1S/C33H30F4O2/c1-2-23(5-3-19-38-28-15-17-30(32(36)21-28)24-7-11-26(34)12-8-24)6-4-20-39-29-16-18-31(33(37)22-29)25-9-13-27(35)14-10-25/h2,7-18,21-23H,1,3-6,19-20H2. The van der Waals surface area contributed by atoms with Crippen molar-refractivity contribution < 1.29 is 27.0 Å². The summed E-state index contributed by atoms with van der Waals surface area (Å²) in [5.74, 6) is -0.420. The average Bonchev–Trinajstić information content (AvgIpc) is 2.93. The Morgan fingerprint density at radius 1 is 0.590 bits per heavy atom. The summed E-state index contributed by atoms with van der Waals surface area (Å²) in [5.41, 5.74) is 1.99. The molecular formula is C33H30F4O2. The first-order chi connectivity index (χ1) is 18.9. The van der Waals surface area contributed by atoms with Gasteiger partial charge in [-0.15, -0.1) is 6.58 Å². The van der Waals surface area contributed by atoms with Crippen LogP contribution >= 0.6 is 0 Å². The van der Waals surface area contributed by atoms with E-state index in [1.54, 1.807) is 48.5 Å². The van der Waals surface area contributed by atoms with Gasteiger partial charge in [0.2, 0.25) is 0 Å². The first kappa shape index (κ1) is 28.0. The second-order valence-electron chi connectivity index (χ2n) is 9.27. The van der Waals surface area contributed by atoms with E-state index < -0.39 is 11.6 Å². The smallest absolute Gasteiger partial charge is 0.134 e. The van der Waals surface area contributed by atoms with Crippen LogP contribution in [0.3, 0.4) is 0 Å². The summed E-state index contributed by atoms with van der Waals surface area (Å²) in [7, 11) is 0. The van der Waals surface area contributed by atoms with Crippen LogP contribution in [-0.4, -0.2) is 13.2 Å². The molecule has 202 valence electrons. The van der Waals surface area contributed by atoms with Crippen molar-refractivity contribution in [3.05, 3.63) is 121 Å². The molecule has 0 fully saturated rings. The number of rotatable bonds is 13. The van der Waals surface area contributed by atoms with Crippen LogP contribution in [0.1, 0.15) is 25.7 Å². The molecule has 0 saturated carbocycles. The summed E-state index contributed by atoms with van der Waals surface area (Å²) in [6, 6.07) is 20.7. The van der Waals surface area contributed by atoms with E-state index in [1.807, 2.05) is 6.08 Å². The largest absolute Gasteiger partial charge is 0.493 e. The number of ether oxygens (including phenoxy) is 2. The zero-order valence-corrected chi connectivity index (χ0v) is 21.5. The topological polar surface area (TPSA) is 18.5 Å². The van der Waals surface area contributed by atoms with Gasteiger partial charge in [0.25, 0.3) is 0 Å². The minimum Gasteiger partial charge on any atom is -0.493 e. The molecule has 0 spiro atoms. The third-order valence-corrected chi connectivity index (χ3v) is 6.50. The zero-order valence-electron chi connectivity index (χ0n) is 21.5. The fourth-order valence-electron chi connectivity index (χ4n) is 4.35. The van der Waals surface area contributed by atoms with E-state index in [4.69, 9.17) is 9.47 Å². The van der Waals surface area contributed by atoms with Gasteiger partial charge in [-0.25, -0.2) is 17.6 Å². The molecule has 0 aliphatic heterocycles. The Labute approximate surface area is 226 Å². The van der Waals surface area contributed by atoms with Crippen molar-refractivity contribution in [3.8, 4) is 33.8 Å². The fraction of sp³-hybridized carbons (Fsp3) is 0.212. The Hall–Kier alpha value is -4.06. The van der Waals surface area contributed by atoms with E-state index in [0.29, 0.717) is 47.0 Å². The van der Waals surface area contributed by atoms with Gasteiger partial charge in [0.15, 0.2) is 0 Å². The molecule has 4 aromatic rings. The first-order valence-corrected chi connectivity index (χ1v) is 12.9. The molecule has 0 atom stereocenters. The predicted octanol–water partition coefficient (Wildman–Crippen LogP) is 9.40. The third kappa shape index (κ3) is 7.96. The Kier molecular flexibility index (Phi) is 9.79. The molecule has 0 saturated heterocycles. The summed E-state index contributed by atoms with van der Waals surface area (Å²) in [6.07, 6.45) is 5.18. The van der Waals surface area contributed by atoms with E-state index in [-0.39, 0.29) is 17.6 Å². The number of hydrogen-bond donors (Lipinski definition) is 0. The number of halogens is 4. The average molecular weight is 535 g/mol. The van der Waals surface area contributed by atoms with Gasteiger partial charge in [-0.1, -0.05) is 30.3 Å². The molecule has 4 aromatic carbocycles. The summed E-state index contributed by atoms with van der Waals surface area (Å²) >= 11 is 0. The lowest BCUT2D eigenvalue weighted by molar-refractivity contribution is 0.280. The van der Waals surface area contributed by atoms with E-state index in [2.05, 4.69) is 6.58 Å². The predicted molar refractivity (Wildman–Crippen MR) is 147 cm³/mol. The third-order valence-electron chi connectivity index (χ3n) is 6.50. The lowest BCUT2D eigenvalue weighted by atomic mass is 9.98. The van der Waals surface area contributed by atoms with Crippen LogP contribution in [0.15, 0.2) is 97.6 Å². The maximum absolute atomic E-state index is 14.5. The second-order valence-corrected chi connectivity index (χ2v) is 9.27. The molecule has 0 aliphatic rings. The molecule has 6 heteroatoms. The van der Waals surface area contributed by atoms with E-state index in [1.165, 1.54) is 36.4 Å². The molecule has 0 heterocycles. The highest BCUT2D eigenvalue weighted by Gasteiger charge is 2.10. The van der Waals surface area contributed by atoms with Crippen molar-refractivity contribution in [2.24, 2.45) is 5.92 Å². The summed E-state index contributed by atoms with van der Waals surface area (Å²) in [4.78, 5) is 0. The van der Waals surface area contributed by atoms with Crippen molar-refractivity contribution >= 4 is 0 Å². The molecule has 2 nitrogen and oxygen atoms in total. The zero-order chi connectivity index (χ0) is 27.6. The molecule has 0 radical (unpaired) electrons. The van der Waals surface area contributed by atoms with Gasteiger partial charge < -0.3 is 9.47 Å². The van der Waals surface area contributed by atoms with E-state index in [0.717, 1.165) is 25.7 Å². The SMILES string of the molecule is C=CC(CCCOc1ccc(-c2ccc(F)cc2)c(F)c1)CCCOc1ccc(-c2ccc(F)cc2)c(F)c1. The highest BCUT2D eigenvalue weighted by atomic mass is 19.1. The van der Waals surface area contributed by atoms with Crippen molar-refractivity contribution in [2.75, 3.05) is 13.2 Å². The van der Waals surface area contributed by atoms with Gasteiger partial charge in [-0.3, -0.25) is 0 Å². The van der Waals surface area contributed by atoms with Gasteiger partial charge in [-0.2, -0.15) is 0 Å². The van der Waals surface area contributed by atoms with Crippen LogP contribution in [-0.2, 0) is 0 Å². The van der Waals surface area contributed by atoms with Gasteiger partial charge in [-0.05, 0) is 91.3 Å².